The van der Waals surface area contributed by atoms with Gasteiger partial charge in [0.25, 0.3) is 5.91 Å². The smallest absolute Gasteiger partial charge is 0.289 e. The Hall–Kier alpha value is -2.11. The molecule has 0 N–H and O–H groups in total. The quantitative estimate of drug-likeness (QED) is 0.874. The number of hydrogen-bond donors (Lipinski definition) is 0. The van der Waals surface area contributed by atoms with Crippen LogP contribution >= 0.6 is 0 Å². The number of aryl methyl sites for hydroxylation is 3. The summed E-state index contributed by atoms with van der Waals surface area (Å²) in [6.07, 6.45) is 2.79. The number of carbonyl (C=O) groups excluding carboxylic acids is 1. The van der Waals surface area contributed by atoms with Crippen LogP contribution in [-0.4, -0.2) is 38.7 Å². The minimum atomic E-state index is -0.0288. The van der Waals surface area contributed by atoms with Crippen LogP contribution in [0.5, 0.6) is 0 Å². The molecule has 1 fully saturated rings. The highest BCUT2D eigenvalue weighted by atomic mass is 16.4. The van der Waals surface area contributed by atoms with Gasteiger partial charge in [0.05, 0.1) is 6.04 Å². The predicted molar refractivity (Wildman–Crippen MR) is 81.8 cm³/mol. The zero-order chi connectivity index (χ0) is 15.7. The number of furan rings is 1. The van der Waals surface area contributed by atoms with Crippen molar-refractivity contribution in [2.75, 3.05) is 13.1 Å². The highest BCUT2D eigenvalue weighted by molar-refractivity contribution is 5.91. The van der Waals surface area contributed by atoms with E-state index in [4.69, 9.17) is 4.42 Å². The summed E-state index contributed by atoms with van der Waals surface area (Å²) in [6, 6.07) is 3.84. The van der Waals surface area contributed by atoms with Crippen molar-refractivity contribution >= 4 is 5.91 Å². The van der Waals surface area contributed by atoms with Crippen molar-refractivity contribution in [1.29, 1.82) is 0 Å². The zero-order valence-corrected chi connectivity index (χ0v) is 13.4. The fourth-order valence-electron chi connectivity index (χ4n) is 3.06. The molecular formula is C16H22N4O2. The minimum absolute atomic E-state index is 0.0288. The van der Waals surface area contributed by atoms with Crippen molar-refractivity contribution in [3.8, 4) is 0 Å². The number of piperidine rings is 1. The number of aromatic nitrogens is 3. The fourth-order valence-corrected chi connectivity index (χ4v) is 3.06. The monoisotopic (exact) mass is 302 g/mol. The van der Waals surface area contributed by atoms with Crippen LogP contribution in [0.25, 0.3) is 0 Å². The highest BCUT2D eigenvalue weighted by Crippen LogP contribution is 2.24. The minimum Gasteiger partial charge on any atom is -0.456 e. The molecule has 0 spiro atoms. The number of amides is 1. The molecule has 0 aromatic carbocycles. The standard InChI is InChI=1S/C16H22N4O2/c1-4-14-7-8-15(22-14)16(21)19-9-5-6-13(10-19)20-12(3)17-11(2)18-20/h7-8,13H,4-6,9-10H2,1-3H3/t13-/m1/s1. The average Bonchev–Trinajstić information content (AvgIpc) is 3.13. The van der Waals surface area contributed by atoms with E-state index in [0.29, 0.717) is 12.3 Å². The van der Waals surface area contributed by atoms with E-state index in [1.165, 1.54) is 0 Å². The third-order valence-electron chi connectivity index (χ3n) is 4.16. The Morgan fingerprint density at radius 2 is 2.23 bits per heavy atom. The van der Waals surface area contributed by atoms with Crippen molar-refractivity contribution < 1.29 is 9.21 Å². The van der Waals surface area contributed by atoms with Gasteiger partial charge in [0.1, 0.15) is 17.4 Å². The van der Waals surface area contributed by atoms with Gasteiger partial charge in [-0.2, -0.15) is 5.10 Å². The number of nitrogens with zero attached hydrogens (tertiary/aromatic N) is 4. The Labute approximate surface area is 130 Å². The molecule has 1 amide bonds. The van der Waals surface area contributed by atoms with Gasteiger partial charge in [-0.05, 0) is 38.8 Å². The molecule has 1 aliphatic heterocycles. The largest absolute Gasteiger partial charge is 0.456 e. The maximum Gasteiger partial charge on any atom is 0.289 e. The van der Waals surface area contributed by atoms with Crippen LogP contribution in [0, 0.1) is 13.8 Å². The van der Waals surface area contributed by atoms with Gasteiger partial charge in [-0.25, -0.2) is 9.67 Å². The van der Waals surface area contributed by atoms with Gasteiger partial charge in [0, 0.05) is 19.5 Å². The second-order valence-electron chi connectivity index (χ2n) is 5.82. The van der Waals surface area contributed by atoms with E-state index in [9.17, 15) is 4.79 Å². The second-order valence-corrected chi connectivity index (χ2v) is 5.82. The first-order chi connectivity index (χ1) is 10.6. The molecule has 1 saturated heterocycles. The lowest BCUT2D eigenvalue weighted by Crippen LogP contribution is -2.41. The van der Waals surface area contributed by atoms with E-state index in [1.807, 2.05) is 36.4 Å². The molecule has 22 heavy (non-hydrogen) atoms. The van der Waals surface area contributed by atoms with Gasteiger partial charge in [-0.1, -0.05) is 6.92 Å². The van der Waals surface area contributed by atoms with Gasteiger partial charge in [-0.3, -0.25) is 4.79 Å². The molecule has 3 rings (SSSR count). The Bertz CT molecular complexity index is 673. The molecule has 2 aromatic heterocycles. The first-order valence-corrected chi connectivity index (χ1v) is 7.86. The van der Waals surface area contributed by atoms with Crippen molar-refractivity contribution in [1.82, 2.24) is 19.7 Å². The van der Waals surface area contributed by atoms with Gasteiger partial charge in [0.2, 0.25) is 0 Å². The molecule has 6 nitrogen and oxygen atoms in total. The summed E-state index contributed by atoms with van der Waals surface area (Å²) in [7, 11) is 0. The normalized spacial score (nSPS) is 18.7. The number of carbonyl (C=O) groups is 1. The third-order valence-corrected chi connectivity index (χ3v) is 4.16. The SMILES string of the molecule is CCc1ccc(C(=O)N2CCC[C@@H](n3nc(C)nc3C)C2)o1. The lowest BCUT2D eigenvalue weighted by atomic mass is 10.1. The first kappa shape index (κ1) is 14.8. The molecule has 1 atom stereocenters. The molecule has 6 heteroatoms. The van der Waals surface area contributed by atoms with E-state index in [0.717, 1.165) is 43.2 Å². The lowest BCUT2D eigenvalue weighted by Gasteiger charge is -2.32. The molecule has 0 saturated carbocycles. The number of likely N-dealkylation sites (tertiary alicyclic amines) is 1. The summed E-state index contributed by atoms with van der Waals surface area (Å²) in [5.74, 6) is 2.94. The summed E-state index contributed by atoms with van der Waals surface area (Å²) in [4.78, 5) is 18.8. The summed E-state index contributed by atoms with van der Waals surface area (Å²) in [6.45, 7) is 7.29. The lowest BCUT2D eigenvalue weighted by molar-refractivity contribution is 0.0637. The number of hydrogen-bond acceptors (Lipinski definition) is 4. The predicted octanol–water partition coefficient (Wildman–Crippen LogP) is 2.53. The van der Waals surface area contributed by atoms with Crippen molar-refractivity contribution in [3.05, 3.63) is 35.3 Å². The Kier molecular flexibility index (Phi) is 4.00. The molecule has 0 bridgehead atoms. The van der Waals surface area contributed by atoms with Crippen molar-refractivity contribution in [3.63, 3.8) is 0 Å². The maximum atomic E-state index is 12.6. The molecule has 3 heterocycles. The van der Waals surface area contributed by atoms with E-state index in [-0.39, 0.29) is 11.9 Å². The van der Waals surface area contributed by atoms with E-state index < -0.39 is 0 Å². The molecule has 0 unspecified atom stereocenters. The molecule has 0 radical (unpaired) electrons. The average molecular weight is 302 g/mol. The number of rotatable bonds is 3. The van der Waals surface area contributed by atoms with Gasteiger partial charge in [0.15, 0.2) is 5.76 Å². The van der Waals surface area contributed by atoms with Crippen LogP contribution in [0.3, 0.4) is 0 Å². The van der Waals surface area contributed by atoms with E-state index in [2.05, 4.69) is 10.1 Å². The summed E-state index contributed by atoms with van der Waals surface area (Å²) in [5.41, 5.74) is 0. The van der Waals surface area contributed by atoms with E-state index in [1.54, 1.807) is 6.07 Å². The van der Waals surface area contributed by atoms with Gasteiger partial charge < -0.3 is 9.32 Å². The Balaban J connectivity index is 1.75. The Morgan fingerprint density at radius 3 is 2.86 bits per heavy atom. The summed E-state index contributed by atoms with van der Waals surface area (Å²) in [5, 5.41) is 4.46. The van der Waals surface area contributed by atoms with Gasteiger partial charge in [-0.15, -0.1) is 0 Å². The van der Waals surface area contributed by atoms with Crippen LogP contribution in [0.2, 0.25) is 0 Å². The second kappa shape index (κ2) is 5.94. The molecule has 1 aliphatic rings. The van der Waals surface area contributed by atoms with Crippen LogP contribution in [0.1, 0.15) is 53.8 Å². The highest BCUT2D eigenvalue weighted by Gasteiger charge is 2.28. The van der Waals surface area contributed by atoms with Crippen molar-refractivity contribution in [2.45, 2.75) is 46.1 Å². The first-order valence-electron chi connectivity index (χ1n) is 7.86. The fraction of sp³-hybridized carbons (Fsp3) is 0.562. The topological polar surface area (TPSA) is 64.2 Å². The summed E-state index contributed by atoms with van der Waals surface area (Å²) < 4.78 is 7.54. The third kappa shape index (κ3) is 2.77. The van der Waals surface area contributed by atoms with E-state index >= 15 is 0 Å². The molecule has 2 aromatic rings. The van der Waals surface area contributed by atoms with Gasteiger partial charge >= 0.3 is 0 Å². The van der Waals surface area contributed by atoms with Crippen LogP contribution in [0.15, 0.2) is 16.5 Å². The summed E-state index contributed by atoms with van der Waals surface area (Å²) >= 11 is 0. The van der Waals surface area contributed by atoms with Crippen molar-refractivity contribution in [2.24, 2.45) is 0 Å². The maximum absolute atomic E-state index is 12.6. The van der Waals surface area contributed by atoms with Crippen LogP contribution in [0.4, 0.5) is 0 Å². The zero-order valence-electron chi connectivity index (χ0n) is 13.4. The molecular weight excluding hydrogens is 280 g/mol. The Morgan fingerprint density at radius 1 is 1.41 bits per heavy atom. The van der Waals surface area contributed by atoms with Crippen LogP contribution < -0.4 is 0 Å². The molecule has 0 aliphatic carbocycles. The van der Waals surface area contributed by atoms with Crippen LogP contribution in [-0.2, 0) is 6.42 Å². The molecule has 118 valence electrons.